The SMILES string of the molecule is Cc1ccc(N2C(=O)SC(=Cc3cc(C)n(-c4ccc(N=O)cc4C)c3C)C2=O)cc1. The summed E-state index contributed by atoms with van der Waals surface area (Å²) in [6.07, 6.45) is 1.77. The van der Waals surface area contributed by atoms with Gasteiger partial charge < -0.3 is 4.57 Å². The maximum Gasteiger partial charge on any atom is 0.298 e. The van der Waals surface area contributed by atoms with Crippen molar-refractivity contribution in [3.8, 4) is 5.69 Å². The lowest BCUT2D eigenvalue weighted by molar-refractivity contribution is -0.113. The molecule has 1 fully saturated rings. The van der Waals surface area contributed by atoms with Gasteiger partial charge in [0.15, 0.2) is 0 Å². The standard InChI is InChI=1S/C24H21N3O3S/c1-14-5-8-20(9-6-14)27-23(28)22(31-24(27)29)13-18-12-16(3)26(17(18)4)21-10-7-19(25-30)11-15(21)2/h5-13H,1-4H3. The van der Waals surface area contributed by atoms with Gasteiger partial charge in [-0.05, 0) is 98.2 Å². The zero-order chi connectivity index (χ0) is 22.3. The average Bonchev–Trinajstić information content (AvgIpc) is 3.17. The number of hydrogen-bond donors (Lipinski definition) is 0. The van der Waals surface area contributed by atoms with Gasteiger partial charge in [0.2, 0.25) is 0 Å². The fourth-order valence-corrected chi connectivity index (χ4v) is 4.61. The van der Waals surface area contributed by atoms with Crippen LogP contribution in [-0.4, -0.2) is 15.7 Å². The zero-order valence-electron chi connectivity index (χ0n) is 17.7. The van der Waals surface area contributed by atoms with Gasteiger partial charge in [-0.25, -0.2) is 4.90 Å². The van der Waals surface area contributed by atoms with Gasteiger partial charge in [0.1, 0.15) is 5.69 Å². The number of benzene rings is 2. The lowest BCUT2D eigenvalue weighted by Crippen LogP contribution is -2.27. The average molecular weight is 432 g/mol. The molecule has 0 aliphatic carbocycles. The summed E-state index contributed by atoms with van der Waals surface area (Å²) in [5.74, 6) is -0.318. The molecule has 7 heteroatoms. The van der Waals surface area contributed by atoms with E-state index in [1.165, 1.54) is 4.90 Å². The van der Waals surface area contributed by atoms with Crippen LogP contribution < -0.4 is 4.90 Å². The number of hydrogen-bond acceptors (Lipinski definition) is 5. The van der Waals surface area contributed by atoms with Gasteiger partial charge in [0.25, 0.3) is 11.1 Å². The first kappa shape index (κ1) is 20.8. The molecular weight excluding hydrogens is 410 g/mol. The number of anilines is 1. The molecule has 1 aliphatic rings. The number of rotatable bonds is 4. The Morgan fingerprint density at radius 1 is 0.935 bits per heavy atom. The Labute approximate surface area is 184 Å². The first-order chi connectivity index (χ1) is 14.8. The van der Waals surface area contributed by atoms with Crippen LogP contribution in [0.1, 0.15) is 28.1 Å². The minimum absolute atomic E-state index is 0.304. The van der Waals surface area contributed by atoms with E-state index in [4.69, 9.17) is 0 Å². The number of aromatic nitrogens is 1. The summed E-state index contributed by atoms with van der Waals surface area (Å²) < 4.78 is 2.07. The molecule has 1 aliphatic heterocycles. The van der Waals surface area contributed by atoms with Crippen LogP contribution >= 0.6 is 11.8 Å². The van der Waals surface area contributed by atoms with E-state index in [1.54, 1.807) is 30.3 Å². The molecule has 0 atom stereocenters. The van der Waals surface area contributed by atoms with Gasteiger partial charge in [-0.2, -0.15) is 0 Å². The Hall–Kier alpha value is -3.45. The molecule has 0 spiro atoms. The van der Waals surface area contributed by atoms with Crippen LogP contribution in [0.3, 0.4) is 0 Å². The molecule has 1 saturated heterocycles. The van der Waals surface area contributed by atoms with Crippen molar-refractivity contribution in [1.82, 2.24) is 4.57 Å². The van der Waals surface area contributed by atoms with Crippen molar-refractivity contribution in [2.45, 2.75) is 27.7 Å². The largest absolute Gasteiger partial charge is 0.318 e. The highest BCUT2D eigenvalue weighted by atomic mass is 32.2. The van der Waals surface area contributed by atoms with Gasteiger partial charge in [0, 0.05) is 17.1 Å². The van der Waals surface area contributed by atoms with Crippen molar-refractivity contribution < 1.29 is 9.59 Å². The van der Waals surface area contributed by atoms with E-state index < -0.39 is 0 Å². The third-order valence-corrected chi connectivity index (χ3v) is 6.24. The summed E-state index contributed by atoms with van der Waals surface area (Å²) >= 11 is 0.946. The Morgan fingerprint density at radius 3 is 2.29 bits per heavy atom. The highest BCUT2D eigenvalue weighted by Crippen LogP contribution is 2.37. The second-order valence-electron chi connectivity index (χ2n) is 7.58. The second-order valence-corrected chi connectivity index (χ2v) is 8.57. The van der Waals surface area contributed by atoms with Crippen LogP contribution in [0.25, 0.3) is 11.8 Å². The summed E-state index contributed by atoms with van der Waals surface area (Å²) in [5.41, 5.74) is 6.66. The smallest absolute Gasteiger partial charge is 0.298 e. The van der Waals surface area contributed by atoms with Gasteiger partial charge in [-0.3, -0.25) is 9.59 Å². The van der Waals surface area contributed by atoms with Crippen molar-refractivity contribution >= 4 is 40.4 Å². The maximum absolute atomic E-state index is 13.0. The number of imide groups is 1. The van der Waals surface area contributed by atoms with Gasteiger partial charge in [-0.1, -0.05) is 17.7 Å². The van der Waals surface area contributed by atoms with Gasteiger partial charge >= 0.3 is 0 Å². The fourth-order valence-electron chi connectivity index (χ4n) is 3.78. The third-order valence-electron chi connectivity index (χ3n) is 5.37. The summed E-state index contributed by atoms with van der Waals surface area (Å²) in [6, 6.07) is 14.6. The molecule has 0 radical (unpaired) electrons. The van der Waals surface area contributed by atoms with E-state index in [2.05, 4.69) is 9.74 Å². The molecule has 31 heavy (non-hydrogen) atoms. The van der Waals surface area contributed by atoms with Crippen molar-refractivity contribution in [2.75, 3.05) is 4.90 Å². The lowest BCUT2D eigenvalue weighted by Gasteiger charge is -2.13. The highest BCUT2D eigenvalue weighted by molar-refractivity contribution is 8.19. The summed E-state index contributed by atoms with van der Waals surface area (Å²) in [6.45, 7) is 7.83. The zero-order valence-corrected chi connectivity index (χ0v) is 18.5. The van der Waals surface area contributed by atoms with E-state index in [0.29, 0.717) is 16.3 Å². The number of amides is 2. The Bertz CT molecular complexity index is 1260. The molecular formula is C24H21N3O3S. The van der Waals surface area contributed by atoms with E-state index in [9.17, 15) is 14.5 Å². The van der Waals surface area contributed by atoms with E-state index in [-0.39, 0.29) is 11.1 Å². The topological polar surface area (TPSA) is 71.7 Å². The van der Waals surface area contributed by atoms with Crippen molar-refractivity contribution in [3.05, 3.63) is 86.4 Å². The molecule has 2 aromatic carbocycles. The Balaban J connectivity index is 1.71. The number of aryl methyl sites for hydroxylation is 3. The molecule has 0 N–H and O–H groups in total. The molecule has 0 saturated carbocycles. The number of carbonyl (C=O) groups is 2. The first-order valence-corrected chi connectivity index (χ1v) is 10.6. The van der Waals surface area contributed by atoms with Crippen molar-refractivity contribution in [2.24, 2.45) is 5.18 Å². The fraction of sp³-hybridized carbons (Fsp3) is 0.167. The normalized spacial score (nSPS) is 15.2. The van der Waals surface area contributed by atoms with E-state index in [0.717, 1.165) is 45.5 Å². The number of nitrogens with zero attached hydrogens (tertiary/aromatic N) is 3. The number of thioether (sulfide) groups is 1. The number of nitroso groups, excluding NO2 is 1. The predicted molar refractivity (Wildman–Crippen MR) is 125 cm³/mol. The first-order valence-electron chi connectivity index (χ1n) is 9.78. The summed E-state index contributed by atoms with van der Waals surface area (Å²) in [4.78, 5) is 37.9. The molecule has 0 bridgehead atoms. The van der Waals surface area contributed by atoms with Crippen LogP contribution in [0.15, 0.2) is 58.6 Å². The summed E-state index contributed by atoms with van der Waals surface area (Å²) in [7, 11) is 0. The molecule has 2 amide bonds. The van der Waals surface area contributed by atoms with Gasteiger partial charge in [0.05, 0.1) is 10.6 Å². The van der Waals surface area contributed by atoms with Gasteiger partial charge in [-0.15, -0.1) is 4.91 Å². The third kappa shape index (κ3) is 3.72. The second kappa shape index (κ2) is 8.00. The molecule has 2 heterocycles. The Morgan fingerprint density at radius 2 is 1.65 bits per heavy atom. The van der Waals surface area contributed by atoms with E-state index >= 15 is 0 Å². The lowest BCUT2D eigenvalue weighted by atomic mass is 10.1. The van der Waals surface area contributed by atoms with Crippen LogP contribution in [0.5, 0.6) is 0 Å². The molecule has 4 rings (SSSR count). The molecule has 6 nitrogen and oxygen atoms in total. The monoisotopic (exact) mass is 431 g/mol. The summed E-state index contributed by atoms with van der Waals surface area (Å²) in [5, 5.41) is 2.69. The molecule has 156 valence electrons. The molecule has 0 unspecified atom stereocenters. The van der Waals surface area contributed by atoms with Crippen molar-refractivity contribution in [1.29, 1.82) is 0 Å². The predicted octanol–water partition coefficient (Wildman–Crippen LogP) is 6.35. The van der Waals surface area contributed by atoms with Crippen LogP contribution in [0, 0.1) is 32.6 Å². The van der Waals surface area contributed by atoms with Crippen LogP contribution in [0.2, 0.25) is 0 Å². The quantitative estimate of drug-likeness (QED) is 0.356. The van der Waals surface area contributed by atoms with E-state index in [1.807, 2.05) is 52.0 Å². The Kier molecular flexibility index (Phi) is 5.37. The maximum atomic E-state index is 13.0. The van der Waals surface area contributed by atoms with Crippen molar-refractivity contribution in [3.63, 3.8) is 0 Å². The molecule has 1 aromatic heterocycles. The minimum atomic E-state index is -0.318. The van der Waals surface area contributed by atoms with Crippen LogP contribution in [-0.2, 0) is 4.79 Å². The van der Waals surface area contributed by atoms with Crippen LogP contribution in [0.4, 0.5) is 16.2 Å². The highest BCUT2D eigenvalue weighted by Gasteiger charge is 2.36. The molecule has 3 aromatic rings. The minimum Gasteiger partial charge on any atom is -0.318 e. The number of carbonyl (C=O) groups excluding carboxylic acids is 2.